The lowest BCUT2D eigenvalue weighted by molar-refractivity contribution is 0.189. The van der Waals surface area contributed by atoms with Crippen LogP contribution in [0.1, 0.15) is 12.8 Å². The SMILES string of the molecule is COCCNCc1nnc(NC(C)COC)o1. The minimum atomic E-state index is 0.134. The van der Waals surface area contributed by atoms with E-state index in [1.54, 1.807) is 14.2 Å². The van der Waals surface area contributed by atoms with Crippen molar-refractivity contribution >= 4 is 6.01 Å². The molecule has 0 aliphatic heterocycles. The van der Waals surface area contributed by atoms with Crippen molar-refractivity contribution in [1.82, 2.24) is 15.5 Å². The Morgan fingerprint density at radius 1 is 1.29 bits per heavy atom. The van der Waals surface area contributed by atoms with Crippen LogP contribution < -0.4 is 10.6 Å². The van der Waals surface area contributed by atoms with Crippen LogP contribution in [-0.4, -0.2) is 50.2 Å². The zero-order chi connectivity index (χ0) is 12.5. The molecule has 17 heavy (non-hydrogen) atoms. The highest BCUT2D eigenvalue weighted by Gasteiger charge is 2.08. The summed E-state index contributed by atoms with van der Waals surface area (Å²) in [5, 5.41) is 14.0. The first kappa shape index (κ1) is 13.9. The van der Waals surface area contributed by atoms with Crippen LogP contribution >= 0.6 is 0 Å². The lowest BCUT2D eigenvalue weighted by Crippen LogP contribution is -2.20. The molecule has 0 aliphatic rings. The number of ether oxygens (including phenoxy) is 2. The molecule has 1 rings (SSSR count). The summed E-state index contributed by atoms with van der Waals surface area (Å²) in [6, 6.07) is 0.549. The maximum atomic E-state index is 5.39. The third-order valence-electron chi connectivity index (χ3n) is 2.01. The summed E-state index contributed by atoms with van der Waals surface area (Å²) >= 11 is 0. The highest BCUT2D eigenvalue weighted by Crippen LogP contribution is 2.06. The van der Waals surface area contributed by atoms with E-state index < -0.39 is 0 Å². The topological polar surface area (TPSA) is 81.4 Å². The van der Waals surface area contributed by atoms with Crippen LogP contribution in [0.2, 0.25) is 0 Å². The average molecular weight is 244 g/mol. The van der Waals surface area contributed by atoms with E-state index in [-0.39, 0.29) is 6.04 Å². The standard InChI is InChI=1S/C10H20N4O3/c1-8(7-16-3)12-10-14-13-9(17-10)6-11-4-5-15-2/h8,11H,4-7H2,1-3H3,(H,12,14). The zero-order valence-electron chi connectivity index (χ0n) is 10.5. The van der Waals surface area contributed by atoms with Gasteiger partial charge >= 0.3 is 6.01 Å². The van der Waals surface area contributed by atoms with Gasteiger partial charge in [-0.2, -0.15) is 0 Å². The van der Waals surface area contributed by atoms with Gasteiger partial charge in [0.2, 0.25) is 5.89 Å². The Kier molecular flexibility index (Phi) is 6.53. The molecule has 7 nitrogen and oxygen atoms in total. The normalized spacial score (nSPS) is 12.6. The third kappa shape index (κ3) is 5.62. The van der Waals surface area contributed by atoms with E-state index in [4.69, 9.17) is 13.9 Å². The smallest absolute Gasteiger partial charge is 0.315 e. The number of hydrogen-bond donors (Lipinski definition) is 2. The van der Waals surface area contributed by atoms with Crippen molar-refractivity contribution in [3.63, 3.8) is 0 Å². The number of hydrogen-bond acceptors (Lipinski definition) is 7. The van der Waals surface area contributed by atoms with Crippen molar-refractivity contribution in [3.05, 3.63) is 5.89 Å². The van der Waals surface area contributed by atoms with Crippen LogP contribution in [0.5, 0.6) is 0 Å². The fourth-order valence-electron chi connectivity index (χ4n) is 1.26. The van der Waals surface area contributed by atoms with Gasteiger partial charge in [-0.05, 0) is 6.92 Å². The molecule has 0 aliphatic carbocycles. The molecule has 1 aromatic rings. The monoisotopic (exact) mass is 244 g/mol. The molecule has 0 amide bonds. The second kappa shape index (κ2) is 7.99. The number of aromatic nitrogens is 2. The Bertz CT molecular complexity index is 305. The molecule has 0 radical (unpaired) electrons. The van der Waals surface area contributed by atoms with Crippen LogP contribution in [0.3, 0.4) is 0 Å². The van der Waals surface area contributed by atoms with E-state index in [9.17, 15) is 0 Å². The van der Waals surface area contributed by atoms with Crippen LogP contribution in [0, 0.1) is 0 Å². The summed E-state index contributed by atoms with van der Waals surface area (Å²) in [5.74, 6) is 0.549. The van der Waals surface area contributed by atoms with Crippen molar-refractivity contribution < 1.29 is 13.9 Å². The summed E-state index contributed by atoms with van der Waals surface area (Å²) in [4.78, 5) is 0. The summed E-state index contributed by atoms with van der Waals surface area (Å²) in [5.41, 5.74) is 0. The molecule has 0 saturated heterocycles. The van der Waals surface area contributed by atoms with E-state index in [1.165, 1.54) is 0 Å². The Morgan fingerprint density at radius 3 is 2.82 bits per heavy atom. The molecule has 1 heterocycles. The molecular weight excluding hydrogens is 224 g/mol. The predicted molar refractivity (Wildman–Crippen MR) is 62.8 cm³/mol. The van der Waals surface area contributed by atoms with Crippen LogP contribution in [0.4, 0.5) is 6.01 Å². The first-order valence-corrected chi connectivity index (χ1v) is 5.53. The molecule has 0 spiro atoms. The molecule has 0 aromatic carbocycles. The Balaban J connectivity index is 2.27. The fraction of sp³-hybridized carbons (Fsp3) is 0.800. The molecule has 1 unspecified atom stereocenters. The fourth-order valence-corrected chi connectivity index (χ4v) is 1.26. The number of nitrogens with one attached hydrogen (secondary N) is 2. The molecule has 0 fully saturated rings. The highest BCUT2D eigenvalue weighted by atomic mass is 16.5. The minimum Gasteiger partial charge on any atom is -0.407 e. The second-order valence-electron chi connectivity index (χ2n) is 3.67. The number of anilines is 1. The molecule has 7 heteroatoms. The average Bonchev–Trinajstić information content (AvgIpc) is 2.72. The molecule has 0 bridgehead atoms. The lowest BCUT2D eigenvalue weighted by Gasteiger charge is -2.09. The molecule has 1 aromatic heterocycles. The minimum absolute atomic E-state index is 0.134. The zero-order valence-corrected chi connectivity index (χ0v) is 10.5. The summed E-state index contributed by atoms with van der Waals surface area (Å²) < 4.78 is 15.3. The van der Waals surface area contributed by atoms with Crippen LogP contribution in [0.25, 0.3) is 0 Å². The maximum Gasteiger partial charge on any atom is 0.315 e. The molecule has 98 valence electrons. The van der Waals surface area contributed by atoms with Gasteiger partial charge in [0.1, 0.15) is 0 Å². The highest BCUT2D eigenvalue weighted by molar-refractivity contribution is 5.18. The molecular formula is C10H20N4O3. The summed E-state index contributed by atoms with van der Waals surface area (Å²) in [6.45, 7) is 4.51. The quantitative estimate of drug-likeness (QED) is 0.603. The van der Waals surface area contributed by atoms with Gasteiger partial charge in [0.15, 0.2) is 0 Å². The Labute approximate surface area is 101 Å². The van der Waals surface area contributed by atoms with Crippen molar-refractivity contribution in [3.8, 4) is 0 Å². The third-order valence-corrected chi connectivity index (χ3v) is 2.01. The molecule has 2 N–H and O–H groups in total. The van der Waals surface area contributed by atoms with E-state index in [0.29, 0.717) is 31.7 Å². The summed E-state index contributed by atoms with van der Waals surface area (Å²) in [6.07, 6.45) is 0. The van der Waals surface area contributed by atoms with Gasteiger partial charge in [0, 0.05) is 20.8 Å². The number of methoxy groups -OCH3 is 2. The largest absolute Gasteiger partial charge is 0.407 e. The number of rotatable bonds is 9. The Hall–Kier alpha value is -1.18. The van der Waals surface area contributed by atoms with Crippen LogP contribution in [0.15, 0.2) is 4.42 Å². The van der Waals surface area contributed by atoms with Crippen molar-refractivity contribution in [2.75, 3.05) is 39.3 Å². The van der Waals surface area contributed by atoms with Gasteiger partial charge in [-0.3, -0.25) is 0 Å². The van der Waals surface area contributed by atoms with Gasteiger partial charge in [0.25, 0.3) is 0 Å². The summed E-state index contributed by atoms with van der Waals surface area (Å²) in [7, 11) is 3.31. The van der Waals surface area contributed by atoms with Crippen molar-refractivity contribution in [2.24, 2.45) is 0 Å². The first-order chi connectivity index (χ1) is 8.26. The van der Waals surface area contributed by atoms with Crippen LogP contribution in [-0.2, 0) is 16.0 Å². The predicted octanol–water partition coefficient (Wildman–Crippen LogP) is 0.252. The maximum absolute atomic E-state index is 5.39. The van der Waals surface area contributed by atoms with E-state index in [0.717, 1.165) is 6.54 Å². The van der Waals surface area contributed by atoms with Gasteiger partial charge in [0.05, 0.1) is 25.8 Å². The van der Waals surface area contributed by atoms with Gasteiger partial charge in [-0.15, -0.1) is 5.10 Å². The molecule has 0 saturated carbocycles. The van der Waals surface area contributed by atoms with Crippen molar-refractivity contribution in [1.29, 1.82) is 0 Å². The lowest BCUT2D eigenvalue weighted by atomic mass is 10.4. The second-order valence-corrected chi connectivity index (χ2v) is 3.67. The Morgan fingerprint density at radius 2 is 2.12 bits per heavy atom. The van der Waals surface area contributed by atoms with Gasteiger partial charge in [-0.1, -0.05) is 5.10 Å². The van der Waals surface area contributed by atoms with Gasteiger partial charge < -0.3 is 24.5 Å². The van der Waals surface area contributed by atoms with Crippen molar-refractivity contribution in [2.45, 2.75) is 19.5 Å². The molecule has 1 atom stereocenters. The van der Waals surface area contributed by atoms with E-state index >= 15 is 0 Å². The van der Waals surface area contributed by atoms with Gasteiger partial charge in [-0.25, -0.2) is 0 Å². The van der Waals surface area contributed by atoms with E-state index in [1.807, 2.05) is 6.92 Å². The first-order valence-electron chi connectivity index (χ1n) is 5.53. The number of nitrogens with zero attached hydrogens (tertiary/aromatic N) is 2. The van der Waals surface area contributed by atoms with E-state index in [2.05, 4.69) is 20.8 Å².